The van der Waals surface area contributed by atoms with Crippen molar-refractivity contribution < 1.29 is 4.79 Å². The Kier molecular flexibility index (Phi) is 4.32. The topological polar surface area (TPSA) is 90.6 Å². The number of amides is 1. The first kappa shape index (κ1) is 16.6. The second kappa shape index (κ2) is 6.78. The monoisotopic (exact) mass is 384 g/mol. The number of anilines is 1. The van der Waals surface area contributed by atoms with Crippen LogP contribution < -0.4 is 11.0 Å². The van der Waals surface area contributed by atoms with Gasteiger partial charge in [-0.1, -0.05) is 29.8 Å². The number of aromatic amines is 2. The minimum absolute atomic E-state index is 0.155. The summed E-state index contributed by atoms with van der Waals surface area (Å²) in [6.45, 7) is 0. The molecule has 1 amide bonds. The fourth-order valence-electron chi connectivity index (χ4n) is 2.63. The van der Waals surface area contributed by atoms with Crippen LogP contribution in [-0.2, 0) is 11.2 Å². The summed E-state index contributed by atoms with van der Waals surface area (Å²) in [5, 5.41) is 6.08. The number of benzene rings is 2. The molecule has 0 aliphatic rings. The first-order chi connectivity index (χ1) is 12.6. The molecular formula is C18H13ClN4O2S. The van der Waals surface area contributed by atoms with Gasteiger partial charge in [0.25, 0.3) is 0 Å². The maximum atomic E-state index is 12.3. The van der Waals surface area contributed by atoms with Gasteiger partial charge in [-0.2, -0.15) is 0 Å². The molecule has 0 unspecified atom stereocenters. The van der Waals surface area contributed by atoms with E-state index in [9.17, 15) is 9.59 Å². The van der Waals surface area contributed by atoms with Crippen LogP contribution in [0.5, 0.6) is 0 Å². The number of aromatic nitrogens is 3. The fraction of sp³-hybridized carbons (Fsp3) is 0.0556. The van der Waals surface area contributed by atoms with E-state index in [0.717, 1.165) is 10.6 Å². The largest absolute Gasteiger partial charge is 0.326 e. The van der Waals surface area contributed by atoms with Crippen LogP contribution in [0.2, 0.25) is 5.02 Å². The lowest BCUT2D eigenvalue weighted by Gasteiger charge is -2.04. The molecule has 0 aliphatic carbocycles. The number of H-pyrrole nitrogens is 2. The van der Waals surface area contributed by atoms with E-state index in [4.69, 9.17) is 11.6 Å². The number of thiazole rings is 1. The zero-order chi connectivity index (χ0) is 18.1. The van der Waals surface area contributed by atoms with Crippen LogP contribution in [0.3, 0.4) is 0 Å². The number of imidazole rings is 1. The summed E-state index contributed by atoms with van der Waals surface area (Å²) in [4.78, 5) is 33.4. The van der Waals surface area contributed by atoms with E-state index in [2.05, 4.69) is 20.3 Å². The van der Waals surface area contributed by atoms with Crippen LogP contribution in [0.25, 0.3) is 21.6 Å². The Labute approximate surface area is 156 Å². The highest BCUT2D eigenvalue weighted by atomic mass is 35.5. The lowest BCUT2D eigenvalue weighted by Crippen LogP contribution is -2.14. The van der Waals surface area contributed by atoms with Crippen LogP contribution in [0, 0.1) is 0 Å². The average molecular weight is 385 g/mol. The molecule has 130 valence electrons. The Morgan fingerprint density at radius 3 is 2.81 bits per heavy atom. The standard InChI is InChI=1S/C18H13ClN4O2S/c19-13-4-2-1-3-12(13)17-21-11(9-26-17)8-16(24)20-10-5-6-14-15(7-10)23-18(25)22-14/h1-7,9H,8H2,(H,20,24)(H2,22,23,25). The second-order valence-corrected chi connectivity index (χ2v) is 6.95. The van der Waals surface area contributed by atoms with E-state index in [1.165, 1.54) is 11.3 Å². The highest BCUT2D eigenvalue weighted by Crippen LogP contribution is 2.30. The maximum absolute atomic E-state index is 12.3. The third-order valence-corrected chi connectivity index (χ3v) is 5.05. The van der Waals surface area contributed by atoms with Gasteiger partial charge >= 0.3 is 5.69 Å². The Morgan fingerprint density at radius 1 is 1.15 bits per heavy atom. The van der Waals surface area contributed by atoms with E-state index in [-0.39, 0.29) is 18.0 Å². The van der Waals surface area contributed by atoms with Crippen molar-refractivity contribution in [1.29, 1.82) is 0 Å². The molecule has 0 aliphatic heterocycles. The minimum atomic E-state index is -0.280. The molecule has 0 bridgehead atoms. The molecule has 0 atom stereocenters. The predicted octanol–water partition coefficient (Wildman–Crippen LogP) is 3.81. The third kappa shape index (κ3) is 3.40. The van der Waals surface area contributed by atoms with Gasteiger partial charge in [0.15, 0.2) is 0 Å². The summed E-state index contributed by atoms with van der Waals surface area (Å²) >= 11 is 7.64. The summed E-state index contributed by atoms with van der Waals surface area (Å²) in [5.41, 5.74) is 3.20. The average Bonchev–Trinajstić information content (AvgIpc) is 3.20. The third-order valence-electron chi connectivity index (χ3n) is 3.80. The number of fused-ring (bicyclic) bond motifs is 1. The highest BCUT2D eigenvalue weighted by molar-refractivity contribution is 7.13. The molecule has 2 aromatic heterocycles. The minimum Gasteiger partial charge on any atom is -0.326 e. The molecule has 2 aromatic carbocycles. The molecule has 4 aromatic rings. The van der Waals surface area contributed by atoms with Crippen molar-refractivity contribution in [3.05, 3.63) is 69.0 Å². The first-order valence-corrected chi connectivity index (χ1v) is 9.05. The summed E-state index contributed by atoms with van der Waals surface area (Å²) in [5.74, 6) is -0.182. The quantitative estimate of drug-likeness (QED) is 0.499. The lowest BCUT2D eigenvalue weighted by molar-refractivity contribution is -0.115. The number of carbonyl (C=O) groups excluding carboxylic acids is 1. The van der Waals surface area contributed by atoms with Crippen LogP contribution >= 0.6 is 22.9 Å². The summed E-state index contributed by atoms with van der Waals surface area (Å²) in [7, 11) is 0. The first-order valence-electron chi connectivity index (χ1n) is 7.80. The number of hydrogen-bond acceptors (Lipinski definition) is 4. The van der Waals surface area contributed by atoms with Gasteiger partial charge < -0.3 is 15.3 Å². The Bertz CT molecular complexity index is 1160. The van der Waals surface area contributed by atoms with Gasteiger partial charge in [0, 0.05) is 16.6 Å². The molecule has 2 heterocycles. The summed E-state index contributed by atoms with van der Waals surface area (Å²) < 4.78 is 0. The maximum Gasteiger partial charge on any atom is 0.323 e. The van der Waals surface area contributed by atoms with Crippen molar-refractivity contribution in [2.45, 2.75) is 6.42 Å². The number of nitrogens with zero attached hydrogens (tertiary/aromatic N) is 1. The van der Waals surface area contributed by atoms with Gasteiger partial charge in [-0.25, -0.2) is 9.78 Å². The molecule has 0 fully saturated rings. The van der Waals surface area contributed by atoms with E-state index in [0.29, 0.717) is 27.4 Å². The summed E-state index contributed by atoms with van der Waals surface area (Å²) in [6.07, 6.45) is 0.155. The molecule has 8 heteroatoms. The van der Waals surface area contributed by atoms with Gasteiger partial charge in [0.2, 0.25) is 5.91 Å². The fourth-order valence-corrected chi connectivity index (χ4v) is 3.77. The van der Waals surface area contributed by atoms with Gasteiger partial charge in [-0.05, 0) is 24.3 Å². The van der Waals surface area contributed by atoms with Crippen molar-refractivity contribution in [1.82, 2.24) is 15.0 Å². The van der Waals surface area contributed by atoms with Crippen LogP contribution in [0.4, 0.5) is 5.69 Å². The normalized spacial score (nSPS) is 11.0. The van der Waals surface area contributed by atoms with Crippen LogP contribution in [-0.4, -0.2) is 20.9 Å². The molecule has 3 N–H and O–H groups in total. The number of carbonyl (C=O) groups is 1. The molecule has 0 spiro atoms. The van der Waals surface area contributed by atoms with Crippen molar-refractivity contribution >= 4 is 45.6 Å². The van der Waals surface area contributed by atoms with Gasteiger partial charge in [-0.15, -0.1) is 11.3 Å². The smallest absolute Gasteiger partial charge is 0.323 e. The van der Waals surface area contributed by atoms with Crippen molar-refractivity contribution in [2.24, 2.45) is 0 Å². The van der Waals surface area contributed by atoms with E-state index in [1.807, 2.05) is 29.6 Å². The number of hydrogen-bond donors (Lipinski definition) is 3. The molecule has 26 heavy (non-hydrogen) atoms. The van der Waals surface area contributed by atoms with Crippen LogP contribution in [0.15, 0.2) is 52.6 Å². The molecule has 4 rings (SSSR count). The molecule has 0 saturated carbocycles. The molecular weight excluding hydrogens is 372 g/mol. The molecule has 0 saturated heterocycles. The Hall–Kier alpha value is -2.90. The van der Waals surface area contributed by atoms with E-state index >= 15 is 0 Å². The molecule has 6 nitrogen and oxygen atoms in total. The van der Waals surface area contributed by atoms with Crippen molar-refractivity contribution in [3.63, 3.8) is 0 Å². The zero-order valence-corrected chi connectivity index (χ0v) is 14.9. The van der Waals surface area contributed by atoms with Gasteiger partial charge in [0.05, 0.1) is 28.2 Å². The van der Waals surface area contributed by atoms with Crippen molar-refractivity contribution in [3.8, 4) is 10.6 Å². The van der Waals surface area contributed by atoms with Gasteiger partial charge in [0.1, 0.15) is 5.01 Å². The summed E-state index contributed by atoms with van der Waals surface area (Å²) in [6, 6.07) is 12.7. The zero-order valence-electron chi connectivity index (χ0n) is 13.4. The second-order valence-electron chi connectivity index (χ2n) is 5.69. The molecule has 0 radical (unpaired) electrons. The Morgan fingerprint density at radius 2 is 1.96 bits per heavy atom. The predicted molar refractivity (Wildman–Crippen MR) is 104 cm³/mol. The lowest BCUT2D eigenvalue weighted by atomic mass is 10.2. The van der Waals surface area contributed by atoms with E-state index in [1.54, 1.807) is 18.2 Å². The number of nitrogens with one attached hydrogen (secondary N) is 3. The van der Waals surface area contributed by atoms with Gasteiger partial charge in [-0.3, -0.25) is 4.79 Å². The van der Waals surface area contributed by atoms with E-state index < -0.39 is 0 Å². The highest BCUT2D eigenvalue weighted by Gasteiger charge is 2.11. The SMILES string of the molecule is O=C(Cc1csc(-c2ccccc2Cl)n1)Nc1ccc2[nH]c(=O)[nH]c2c1. The van der Waals surface area contributed by atoms with Crippen LogP contribution in [0.1, 0.15) is 5.69 Å². The number of rotatable bonds is 4. The number of halogens is 1. The van der Waals surface area contributed by atoms with Crippen molar-refractivity contribution in [2.75, 3.05) is 5.32 Å². The Balaban J connectivity index is 1.48.